The highest BCUT2D eigenvalue weighted by Crippen LogP contribution is 2.30. The van der Waals surface area contributed by atoms with Gasteiger partial charge in [-0.15, -0.1) is 0 Å². The van der Waals surface area contributed by atoms with E-state index in [-0.39, 0.29) is 18.5 Å². The van der Waals surface area contributed by atoms with Crippen molar-refractivity contribution in [2.45, 2.75) is 25.4 Å². The smallest absolute Gasteiger partial charge is 0.246 e. The van der Waals surface area contributed by atoms with Crippen LogP contribution in [0.2, 0.25) is 0 Å². The average Bonchev–Trinajstić information content (AvgIpc) is 3.22. The number of likely N-dealkylation sites (tertiary alicyclic amines) is 1. The van der Waals surface area contributed by atoms with Crippen LogP contribution in [0.25, 0.3) is 11.0 Å². The molecule has 1 aromatic carbocycles. The zero-order chi connectivity index (χ0) is 15.6. The van der Waals surface area contributed by atoms with Gasteiger partial charge >= 0.3 is 0 Å². The average molecular weight is 307 g/mol. The molecule has 1 fully saturated rings. The number of hydrogen-bond acceptors (Lipinski definition) is 4. The second kappa shape index (κ2) is 5.79. The number of hydrogen-bond donors (Lipinski definition) is 0. The van der Waals surface area contributed by atoms with Crippen molar-refractivity contribution in [1.82, 2.24) is 24.9 Å². The molecule has 1 amide bonds. The van der Waals surface area contributed by atoms with Gasteiger partial charge in [0.05, 0.1) is 11.7 Å². The van der Waals surface area contributed by atoms with Crippen molar-refractivity contribution < 1.29 is 4.79 Å². The highest BCUT2D eigenvalue weighted by atomic mass is 16.2. The maximum Gasteiger partial charge on any atom is 0.246 e. The molecule has 4 rings (SSSR count). The van der Waals surface area contributed by atoms with Crippen molar-refractivity contribution in [3.05, 3.63) is 54.4 Å². The zero-order valence-electron chi connectivity index (χ0n) is 12.7. The predicted molar refractivity (Wildman–Crippen MR) is 85.5 cm³/mol. The van der Waals surface area contributed by atoms with Crippen LogP contribution in [-0.2, 0) is 11.3 Å². The molecule has 0 aliphatic carbocycles. The van der Waals surface area contributed by atoms with Crippen LogP contribution in [0.1, 0.15) is 24.6 Å². The first kappa shape index (κ1) is 13.9. The molecule has 0 saturated carbocycles. The summed E-state index contributed by atoms with van der Waals surface area (Å²) in [6.45, 7) is 0.929. The minimum atomic E-state index is 0.0402. The van der Waals surface area contributed by atoms with Crippen LogP contribution in [0, 0.1) is 0 Å². The Morgan fingerprint density at radius 3 is 2.52 bits per heavy atom. The van der Waals surface area contributed by atoms with Gasteiger partial charge in [0.1, 0.15) is 17.6 Å². The molecule has 0 spiro atoms. The summed E-state index contributed by atoms with van der Waals surface area (Å²) in [5, 5.41) is 8.73. The standard InChI is InChI=1S/C17H17N5O/c23-17(12-22-19-13-6-1-2-7-14(13)20-22)21-11-5-9-16(21)15-8-3-4-10-18-15/h1-4,6-8,10,16H,5,9,11-12H2/t16-/m0/s1. The summed E-state index contributed by atoms with van der Waals surface area (Å²) in [4.78, 5) is 20.5. The Morgan fingerprint density at radius 1 is 1.09 bits per heavy atom. The molecule has 1 atom stereocenters. The van der Waals surface area contributed by atoms with Crippen molar-refractivity contribution >= 4 is 16.9 Å². The number of amides is 1. The first-order valence-electron chi connectivity index (χ1n) is 7.81. The molecule has 116 valence electrons. The van der Waals surface area contributed by atoms with E-state index in [9.17, 15) is 4.79 Å². The molecule has 1 aliphatic rings. The maximum atomic E-state index is 12.7. The zero-order valence-corrected chi connectivity index (χ0v) is 12.7. The number of carbonyl (C=O) groups excluding carboxylic acids is 1. The Hall–Kier alpha value is -2.76. The molecular formula is C17H17N5O. The van der Waals surface area contributed by atoms with Crippen LogP contribution in [0.5, 0.6) is 0 Å². The van der Waals surface area contributed by atoms with E-state index in [0.717, 1.165) is 36.1 Å². The number of fused-ring (bicyclic) bond motifs is 1. The topological polar surface area (TPSA) is 63.9 Å². The van der Waals surface area contributed by atoms with Gasteiger partial charge in [-0.2, -0.15) is 15.0 Å². The Bertz CT molecular complexity index is 796. The van der Waals surface area contributed by atoms with E-state index in [2.05, 4.69) is 15.2 Å². The Morgan fingerprint density at radius 2 is 1.83 bits per heavy atom. The molecule has 3 aromatic rings. The lowest BCUT2D eigenvalue weighted by Crippen LogP contribution is -2.34. The van der Waals surface area contributed by atoms with E-state index in [1.807, 2.05) is 47.4 Å². The van der Waals surface area contributed by atoms with Gasteiger partial charge in [0, 0.05) is 12.7 Å². The van der Waals surface area contributed by atoms with Gasteiger partial charge in [-0.3, -0.25) is 9.78 Å². The highest BCUT2D eigenvalue weighted by molar-refractivity contribution is 5.77. The van der Waals surface area contributed by atoms with Crippen LogP contribution in [-0.4, -0.2) is 37.3 Å². The normalized spacial score (nSPS) is 17.7. The Kier molecular flexibility index (Phi) is 3.49. The number of rotatable bonds is 3. The molecule has 3 heterocycles. The number of carbonyl (C=O) groups is 1. The fourth-order valence-electron chi connectivity index (χ4n) is 3.13. The SMILES string of the molecule is O=C(Cn1nc2ccccc2n1)N1CCC[C@H]1c1ccccn1. The molecule has 0 bridgehead atoms. The van der Waals surface area contributed by atoms with Crippen molar-refractivity contribution in [2.24, 2.45) is 0 Å². The van der Waals surface area contributed by atoms with Gasteiger partial charge in [0.15, 0.2) is 0 Å². The molecule has 1 aliphatic heterocycles. The van der Waals surface area contributed by atoms with E-state index in [1.165, 1.54) is 4.80 Å². The third kappa shape index (κ3) is 2.67. The largest absolute Gasteiger partial charge is 0.332 e. The first-order chi connectivity index (χ1) is 11.3. The minimum absolute atomic E-state index is 0.0402. The van der Waals surface area contributed by atoms with Crippen molar-refractivity contribution in [1.29, 1.82) is 0 Å². The number of nitrogens with zero attached hydrogens (tertiary/aromatic N) is 5. The van der Waals surface area contributed by atoms with Gasteiger partial charge in [-0.25, -0.2) is 0 Å². The van der Waals surface area contributed by atoms with Crippen LogP contribution in [0.15, 0.2) is 48.7 Å². The summed E-state index contributed by atoms with van der Waals surface area (Å²) in [5.74, 6) is 0.0402. The summed E-state index contributed by atoms with van der Waals surface area (Å²) < 4.78 is 0. The van der Waals surface area contributed by atoms with E-state index in [0.29, 0.717) is 0 Å². The minimum Gasteiger partial charge on any atom is -0.332 e. The molecule has 23 heavy (non-hydrogen) atoms. The molecule has 0 N–H and O–H groups in total. The second-order valence-corrected chi connectivity index (χ2v) is 5.72. The molecule has 0 unspecified atom stereocenters. The van der Waals surface area contributed by atoms with Crippen LogP contribution < -0.4 is 0 Å². The summed E-state index contributed by atoms with van der Waals surface area (Å²) in [5.41, 5.74) is 2.57. The summed E-state index contributed by atoms with van der Waals surface area (Å²) in [7, 11) is 0. The lowest BCUT2D eigenvalue weighted by Gasteiger charge is -2.24. The lowest BCUT2D eigenvalue weighted by atomic mass is 10.1. The summed E-state index contributed by atoms with van der Waals surface area (Å²) in [6, 6.07) is 13.5. The van der Waals surface area contributed by atoms with Gasteiger partial charge in [-0.05, 0) is 37.1 Å². The molecule has 1 saturated heterocycles. The fourth-order valence-corrected chi connectivity index (χ4v) is 3.13. The van der Waals surface area contributed by atoms with Gasteiger partial charge in [0.25, 0.3) is 0 Å². The molecule has 6 nitrogen and oxygen atoms in total. The number of benzene rings is 1. The second-order valence-electron chi connectivity index (χ2n) is 5.72. The van der Waals surface area contributed by atoms with Gasteiger partial charge < -0.3 is 4.90 Å². The van der Waals surface area contributed by atoms with Crippen molar-refractivity contribution in [3.63, 3.8) is 0 Å². The Labute approximate surface area is 133 Å². The third-order valence-corrected chi connectivity index (χ3v) is 4.21. The fraction of sp³-hybridized carbons (Fsp3) is 0.294. The summed E-state index contributed by atoms with van der Waals surface area (Å²) >= 11 is 0. The maximum absolute atomic E-state index is 12.7. The van der Waals surface area contributed by atoms with Crippen molar-refractivity contribution in [3.8, 4) is 0 Å². The number of aromatic nitrogens is 4. The van der Waals surface area contributed by atoms with Crippen molar-refractivity contribution in [2.75, 3.05) is 6.54 Å². The molecular weight excluding hydrogens is 290 g/mol. The van der Waals surface area contributed by atoms with Gasteiger partial charge in [-0.1, -0.05) is 18.2 Å². The van der Waals surface area contributed by atoms with E-state index < -0.39 is 0 Å². The Balaban J connectivity index is 1.54. The number of pyridine rings is 1. The monoisotopic (exact) mass is 307 g/mol. The van der Waals surface area contributed by atoms with Crippen LogP contribution in [0.3, 0.4) is 0 Å². The molecule has 2 aromatic heterocycles. The van der Waals surface area contributed by atoms with Crippen LogP contribution in [0.4, 0.5) is 0 Å². The summed E-state index contributed by atoms with van der Waals surface area (Å²) in [6.07, 6.45) is 3.73. The van der Waals surface area contributed by atoms with E-state index >= 15 is 0 Å². The molecule has 6 heteroatoms. The highest BCUT2D eigenvalue weighted by Gasteiger charge is 2.31. The quantitative estimate of drug-likeness (QED) is 0.744. The molecule has 0 radical (unpaired) electrons. The third-order valence-electron chi connectivity index (χ3n) is 4.21. The van der Waals surface area contributed by atoms with Gasteiger partial charge in [0.2, 0.25) is 5.91 Å². The van der Waals surface area contributed by atoms with Crippen LogP contribution >= 0.6 is 0 Å². The predicted octanol–water partition coefficient (Wildman–Crippen LogP) is 2.19. The van der Waals surface area contributed by atoms with E-state index in [4.69, 9.17) is 0 Å². The first-order valence-corrected chi connectivity index (χ1v) is 7.81. The van der Waals surface area contributed by atoms with E-state index in [1.54, 1.807) is 6.20 Å². The lowest BCUT2D eigenvalue weighted by molar-refractivity contribution is -0.133.